The molecule has 0 aromatic heterocycles. The number of hydrogen-bond donors (Lipinski definition) is 1. The van der Waals surface area contributed by atoms with Crippen molar-refractivity contribution in [3.63, 3.8) is 0 Å². The zero-order valence-corrected chi connectivity index (χ0v) is 12.4. The first kappa shape index (κ1) is 14.1. The predicted molar refractivity (Wildman–Crippen MR) is 89.9 cm³/mol. The van der Waals surface area contributed by atoms with Gasteiger partial charge in [-0.1, -0.05) is 42.5 Å². The van der Waals surface area contributed by atoms with Crippen LogP contribution in [0.3, 0.4) is 0 Å². The first-order chi connectivity index (χ1) is 10.8. The summed E-state index contributed by atoms with van der Waals surface area (Å²) in [6.45, 7) is 0.562. The number of methoxy groups -OCH3 is 1. The van der Waals surface area contributed by atoms with E-state index >= 15 is 0 Å². The van der Waals surface area contributed by atoms with Gasteiger partial charge in [0.2, 0.25) is 0 Å². The van der Waals surface area contributed by atoms with Crippen LogP contribution in [-0.2, 0) is 6.54 Å². The molecule has 3 rings (SSSR count). The Morgan fingerprint density at radius 2 is 1.77 bits per heavy atom. The molecule has 3 aromatic rings. The lowest BCUT2D eigenvalue weighted by Crippen LogP contribution is -1.88. The lowest BCUT2D eigenvalue weighted by Gasteiger charge is -2.05. The maximum absolute atomic E-state index is 10.1. The molecule has 3 heteroatoms. The summed E-state index contributed by atoms with van der Waals surface area (Å²) in [5.41, 5.74) is 1.85. The molecule has 1 N–H and O–H groups in total. The van der Waals surface area contributed by atoms with Crippen molar-refractivity contribution >= 4 is 17.0 Å². The maximum atomic E-state index is 10.1. The third kappa shape index (κ3) is 2.93. The van der Waals surface area contributed by atoms with E-state index in [1.54, 1.807) is 19.4 Å². The molecule has 0 unspecified atom stereocenters. The summed E-state index contributed by atoms with van der Waals surface area (Å²) in [4.78, 5) is 4.45. The Kier molecular flexibility index (Phi) is 4.05. The molecule has 0 spiro atoms. The zero-order chi connectivity index (χ0) is 15.4. The van der Waals surface area contributed by atoms with Gasteiger partial charge in [-0.2, -0.15) is 0 Å². The molecule has 3 aromatic carbocycles. The summed E-state index contributed by atoms with van der Waals surface area (Å²) in [6, 6.07) is 19.4. The molecular formula is C19H17NO2. The van der Waals surface area contributed by atoms with E-state index < -0.39 is 0 Å². The summed E-state index contributed by atoms with van der Waals surface area (Å²) in [6.07, 6.45) is 1.74. The summed E-state index contributed by atoms with van der Waals surface area (Å²) < 4.78 is 5.14. The van der Waals surface area contributed by atoms with Crippen molar-refractivity contribution in [3.8, 4) is 11.5 Å². The van der Waals surface area contributed by atoms with Gasteiger partial charge in [0, 0.05) is 11.8 Å². The van der Waals surface area contributed by atoms with Crippen LogP contribution in [0, 0.1) is 0 Å². The van der Waals surface area contributed by atoms with Crippen LogP contribution in [0.2, 0.25) is 0 Å². The fourth-order valence-electron chi connectivity index (χ4n) is 2.39. The van der Waals surface area contributed by atoms with Crippen molar-refractivity contribution in [1.82, 2.24) is 0 Å². The summed E-state index contributed by atoms with van der Waals surface area (Å²) >= 11 is 0. The van der Waals surface area contributed by atoms with Crippen LogP contribution in [0.4, 0.5) is 0 Å². The molecule has 0 aliphatic rings. The van der Waals surface area contributed by atoms with Crippen molar-refractivity contribution < 1.29 is 9.84 Å². The Morgan fingerprint density at radius 3 is 2.55 bits per heavy atom. The van der Waals surface area contributed by atoms with Gasteiger partial charge in [0.15, 0.2) is 0 Å². The monoisotopic (exact) mass is 291 g/mol. The van der Waals surface area contributed by atoms with E-state index in [0.717, 1.165) is 27.6 Å². The molecule has 110 valence electrons. The van der Waals surface area contributed by atoms with Crippen molar-refractivity contribution in [2.75, 3.05) is 7.11 Å². The van der Waals surface area contributed by atoms with E-state index in [0.29, 0.717) is 6.54 Å². The number of fused-ring (bicyclic) bond motifs is 1. The molecule has 0 atom stereocenters. The number of aromatic hydroxyl groups is 1. The van der Waals surface area contributed by atoms with Gasteiger partial charge in [-0.3, -0.25) is 4.99 Å². The van der Waals surface area contributed by atoms with Crippen molar-refractivity contribution in [1.29, 1.82) is 0 Å². The fraction of sp³-hybridized carbons (Fsp3) is 0.105. The third-order valence-electron chi connectivity index (χ3n) is 3.60. The van der Waals surface area contributed by atoms with Crippen LogP contribution < -0.4 is 4.74 Å². The quantitative estimate of drug-likeness (QED) is 0.733. The number of phenols is 1. The minimum absolute atomic E-state index is 0.247. The molecule has 0 amide bonds. The van der Waals surface area contributed by atoms with Gasteiger partial charge >= 0.3 is 0 Å². The Morgan fingerprint density at radius 1 is 1.00 bits per heavy atom. The second-order valence-electron chi connectivity index (χ2n) is 5.04. The highest BCUT2D eigenvalue weighted by Crippen LogP contribution is 2.25. The molecule has 0 saturated heterocycles. The van der Waals surface area contributed by atoms with Gasteiger partial charge < -0.3 is 9.84 Å². The molecule has 0 aliphatic heterocycles. The largest absolute Gasteiger partial charge is 0.507 e. The topological polar surface area (TPSA) is 41.8 Å². The SMILES string of the molecule is COc1ccc(CN=Cc2c(O)ccc3ccccc23)cc1. The van der Waals surface area contributed by atoms with Crippen LogP contribution in [0.25, 0.3) is 10.8 Å². The van der Waals surface area contributed by atoms with Gasteiger partial charge in [0.25, 0.3) is 0 Å². The molecule has 3 nitrogen and oxygen atoms in total. The van der Waals surface area contributed by atoms with Gasteiger partial charge in [0.1, 0.15) is 11.5 Å². The van der Waals surface area contributed by atoms with Crippen LogP contribution in [0.1, 0.15) is 11.1 Å². The number of aliphatic imine (C=N–C) groups is 1. The van der Waals surface area contributed by atoms with E-state index in [-0.39, 0.29) is 5.75 Å². The first-order valence-electron chi connectivity index (χ1n) is 7.11. The molecule has 0 saturated carbocycles. The van der Waals surface area contributed by atoms with Gasteiger partial charge in [-0.05, 0) is 34.5 Å². The van der Waals surface area contributed by atoms with E-state index in [1.807, 2.05) is 54.6 Å². The average molecular weight is 291 g/mol. The standard InChI is InChI=1S/C19H17NO2/c1-22-16-9-6-14(7-10-16)12-20-13-18-17-5-3-2-4-15(17)8-11-19(18)21/h2-11,13,21H,12H2,1H3. The zero-order valence-electron chi connectivity index (χ0n) is 12.4. The number of hydrogen-bond acceptors (Lipinski definition) is 3. The van der Waals surface area contributed by atoms with E-state index in [9.17, 15) is 5.11 Å². The van der Waals surface area contributed by atoms with Gasteiger partial charge in [-0.15, -0.1) is 0 Å². The lowest BCUT2D eigenvalue weighted by atomic mass is 10.0. The Labute approximate surface area is 129 Å². The second-order valence-corrected chi connectivity index (χ2v) is 5.04. The Bertz CT molecular complexity index is 807. The average Bonchev–Trinajstić information content (AvgIpc) is 2.57. The number of rotatable bonds is 4. The van der Waals surface area contributed by atoms with E-state index in [4.69, 9.17) is 4.74 Å². The molecule has 0 radical (unpaired) electrons. The number of nitrogens with zero attached hydrogens (tertiary/aromatic N) is 1. The highest BCUT2D eigenvalue weighted by atomic mass is 16.5. The summed E-state index contributed by atoms with van der Waals surface area (Å²) in [5, 5.41) is 12.2. The van der Waals surface area contributed by atoms with Crippen molar-refractivity contribution in [2.45, 2.75) is 6.54 Å². The second kappa shape index (κ2) is 6.31. The minimum Gasteiger partial charge on any atom is -0.507 e. The normalized spacial score (nSPS) is 11.1. The minimum atomic E-state index is 0.247. The van der Waals surface area contributed by atoms with E-state index in [1.165, 1.54) is 0 Å². The Hall–Kier alpha value is -2.81. The number of benzene rings is 3. The van der Waals surface area contributed by atoms with Crippen LogP contribution in [0.5, 0.6) is 11.5 Å². The summed E-state index contributed by atoms with van der Waals surface area (Å²) in [7, 11) is 1.65. The van der Waals surface area contributed by atoms with E-state index in [2.05, 4.69) is 4.99 Å². The highest BCUT2D eigenvalue weighted by molar-refractivity contribution is 6.02. The molecule has 0 heterocycles. The molecular weight excluding hydrogens is 274 g/mol. The lowest BCUT2D eigenvalue weighted by molar-refractivity contribution is 0.414. The van der Waals surface area contributed by atoms with Crippen LogP contribution in [-0.4, -0.2) is 18.4 Å². The van der Waals surface area contributed by atoms with Crippen LogP contribution in [0.15, 0.2) is 65.7 Å². The highest BCUT2D eigenvalue weighted by Gasteiger charge is 2.03. The predicted octanol–water partition coefficient (Wildman–Crippen LogP) is 4.17. The van der Waals surface area contributed by atoms with Gasteiger partial charge in [-0.25, -0.2) is 0 Å². The molecule has 22 heavy (non-hydrogen) atoms. The smallest absolute Gasteiger partial charge is 0.124 e. The Balaban J connectivity index is 1.84. The molecule has 0 aliphatic carbocycles. The first-order valence-corrected chi connectivity index (χ1v) is 7.11. The number of phenolic OH excluding ortho intramolecular Hbond substituents is 1. The van der Waals surface area contributed by atoms with Crippen LogP contribution >= 0.6 is 0 Å². The fourth-order valence-corrected chi connectivity index (χ4v) is 2.39. The van der Waals surface area contributed by atoms with Gasteiger partial charge in [0.05, 0.1) is 13.7 Å². The molecule has 0 fully saturated rings. The molecule has 0 bridgehead atoms. The maximum Gasteiger partial charge on any atom is 0.124 e. The summed E-state index contributed by atoms with van der Waals surface area (Å²) in [5.74, 6) is 1.08. The van der Waals surface area contributed by atoms with Crippen molar-refractivity contribution in [2.24, 2.45) is 4.99 Å². The number of ether oxygens (including phenoxy) is 1. The third-order valence-corrected chi connectivity index (χ3v) is 3.60. The van der Waals surface area contributed by atoms with Crippen molar-refractivity contribution in [3.05, 3.63) is 71.8 Å².